The Labute approximate surface area is 193 Å². The van der Waals surface area contributed by atoms with Crippen molar-refractivity contribution in [2.45, 2.75) is 0 Å². The molecule has 4 nitrogen and oxygen atoms in total. The molecule has 4 aromatic carbocycles. The van der Waals surface area contributed by atoms with Crippen LogP contribution in [0.4, 0.5) is 0 Å². The molecule has 0 saturated heterocycles. The Kier molecular flexibility index (Phi) is 9.22. The van der Waals surface area contributed by atoms with Crippen LogP contribution in [0.3, 0.4) is 0 Å². The molecule has 0 N–H and O–H groups in total. The van der Waals surface area contributed by atoms with Gasteiger partial charge in [-0.3, -0.25) is 0 Å². The topological polar surface area (TPSA) is 80.3 Å². The molecule has 0 aliphatic rings. The van der Waals surface area contributed by atoms with E-state index in [1.54, 1.807) is 121 Å². The third kappa shape index (κ3) is 6.38. The van der Waals surface area contributed by atoms with E-state index in [4.69, 9.17) is 0 Å². The van der Waals surface area contributed by atoms with E-state index in [0.717, 1.165) is 0 Å². The van der Waals surface area contributed by atoms with E-state index in [0.29, 0.717) is 21.2 Å². The summed E-state index contributed by atoms with van der Waals surface area (Å²) in [5, 5.41) is 1.43. The van der Waals surface area contributed by atoms with Gasteiger partial charge in [0.15, 0.2) is 0 Å². The second-order valence-electron chi connectivity index (χ2n) is 6.45. The van der Waals surface area contributed by atoms with Crippen molar-refractivity contribution in [3.63, 3.8) is 0 Å². The van der Waals surface area contributed by atoms with Crippen molar-refractivity contribution in [1.82, 2.24) is 0 Å². The molecule has 0 aliphatic heterocycles. The van der Waals surface area contributed by atoms with Crippen LogP contribution in [0.15, 0.2) is 121 Å². The van der Waals surface area contributed by atoms with Crippen LogP contribution in [0.25, 0.3) is 0 Å². The normalized spacial score (nSPS) is 10.9. The summed E-state index contributed by atoms with van der Waals surface area (Å²) < 4.78 is 24.1. The Hall–Kier alpha value is -2.22. The van der Waals surface area contributed by atoms with Crippen LogP contribution in [-0.2, 0) is 26.2 Å². The molecule has 0 aromatic heterocycles. The zero-order valence-electron chi connectivity index (χ0n) is 16.4. The quantitative estimate of drug-likeness (QED) is 0.320. The molecular formula is C24H20CuO4P2. The van der Waals surface area contributed by atoms with Gasteiger partial charge in [-0.15, -0.1) is 0 Å². The van der Waals surface area contributed by atoms with Gasteiger partial charge in [0.2, 0.25) is 0 Å². The van der Waals surface area contributed by atoms with Crippen LogP contribution >= 0.6 is 14.7 Å². The van der Waals surface area contributed by atoms with Crippen molar-refractivity contribution in [2.75, 3.05) is 0 Å². The van der Waals surface area contributed by atoms with E-state index in [9.17, 15) is 18.9 Å². The van der Waals surface area contributed by atoms with Crippen LogP contribution < -0.4 is 31.0 Å². The van der Waals surface area contributed by atoms with Crippen LogP contribution in [0.5, 0.6) is 0 Å². The average molecular weight is 498 g/mol. The molecule has 0 aliphatic carbocycles. The summed E-state index contributed by atoms with van der Waals surface area (Å²) in [7, 11) is -7.29. The van der Waals surface area contributed by atoms with E-state index < -0.39 is 14.7 Å². The molecule has 0 spiro atoms. The molecule has 0 heterocycles. The Morgan fingerprint density at radius 2 is 0.548 bits per heavy atom. The molecule has 0 bridgehead atoms. The van der Waals surface area contributed by atoms with Gasteiger partial charge in [-0.05, 0) is 0 Å². The molecule has 0 fully saturated rings. The van der Waals surface area contributed by atoms with Gasteiger partial charge in [0, 0.05) is 21.2 Å². The Bertz CT molecular complexity index is 973. The summed E-state index contributed by atoms with van der Waals surface area (Å²) in [4.78, 5) is 24.1. The van der Waals surface area contributed by atoms with E-state index >= 15 is 0 Å². The monoisotopic (exact) mass is 497 g/mol. The third-order valence-corrected chi connectivity index (χ3v) is 8.30. The van der Waals surface area contributed by atoms with Gasteiger partial charge in [-0.25, -0.2) is 0 Å². The van der Waals surface area contributed by atoms with Crippen molar-refractivity contribution < 1.29 is 36.0 Å². The summed E-state index contributed by atoms with van der Waals surface area (Å²) in [6, 6.07) is 33.9. The van der Waals surface area contributed by atoms with Crippen molar-refractivity contribution in [3.8, 4) is 0 Å². The minimum atomic E-state index is -3.65. The standard InChI is InChI=1S/2C12H11O2P.Cu/c2*13-15(14,11-7-3-1-4-8-11)12-9-5-2-6-10-12;/h2*1-10H,(H,13,14);/q;;+2/p-2. The molecule has 4 rings (SSSR count). The zero-order chi connectivity index (χ0) is 21.5. The Morgan fingerprint density at radius 1 is 0.387 bits per heavy atom. The minimum absolute atomic E-state index is 0. The van der Waals surface area contributed by atoms with Gasteiger partial charge in [0.05, 0.1) is 14.7 Å². The van der Waals surface area contributed by atoms with E-state index in [-0.39, 0.29) is 17.1 Å². The maximum atomic E-state index is 12.1. The molecule has 161 valence electrons. The summed E-state index contributed by atoms with van der Waals surface area (Å²) in [6.45, 7) is 0. The maximum absolute atomic E-state index is 12.1. The SMILES string of the molecule is O=P([O-])(c1ccccc1)c1ccccc1.O=P([O-])(c1ccccc1)c1ccccc1.[Cu+2]. The fourth-order valence-corrected chi connectivity index (χ4v) is 5.65. The predicted molar refractivity (Wildman–Crippen MR) is 120 cm³/mol. The minimum Gasteiger partial charge on any atom is -0.793 e. The first-order valence-electron chi connectivity index (χ1n) is 9.27. The largest absolute Gasteiger partial charge is 2.00 e. The molecule has 0 amide bonds. The van der Waals surface area contributed by atoms with E-state index in [2.05, 4.69) is 0 Å². The van der Waals surface area contributed by atoms with Gasteiger partial charge in [0.25, 0.3) is 0 Å². The first-order chi connectivity index (χ1) is 14.4. The Balaban J connectivity index is 0.000000213. The Morgan fingerprint density at radius 3 is 0.710 bits per heavy atom. The maximum Gasteiger partial charge on any atom is 2.00 e. The summed E-state index contributed by atoms with van der Waals surface area (Å²) >= 11 is 0. The van der Waals surface area contributed by atoms with Crippen molar-refractivity contribution in [1.29, 1.82) is 0 Å². The van der Waals surface area contributed by atoms with E-state index in [1.165, 1.54) is 0 Å². The second-order valence-corrected chi connectivity index (χ2v) is 10.7. The average Bonchev–Trinajstić information content (AvgIpc) is 2.82. The molecule has 0 saturated carbocycles. The smallest absolute Gasteiger partial charge is 0.793 e. The number of rotatable bonds is 4. The van der Waals surface area contributed by atoms with Gasteiger partial charge < -0.3 is 18.9 Å². The van der Waals surface area contributed by atoms with Crippen molar-refractivity contribution in [2.24, 2.45) is 0 Å². The number of hydrogen-bond acceptors (Lipinski definition) is 4. The molecule has 0 unspecified atom stereocenters. The first kappa shape index (κ1) is 25.0. The van der Waals surface area contributed by atoms with Crippen LogP contribution in [0.1, 0.15) is 0 Å². The van der Waals surface area contributed by atoms with Crippen molar-refractivity contribution >= 4 is 36.0 Å². The molecule has 7 heteroatoms. The van der Waals surface area contributed by atoms with Gasteiger partial charge in [0.1, 0.15) is 0 Å². The number of hydrogen-bond donors (Lipinski definition) is 0. The number of benzene rings is 4. The summed E-state index contributed by atoms with van der Waals surface area (Å²) in [5.41, 5.74) is 0. The summed E-state index contributed by atoms with van der Waals surface area (Å²) in [5.74, 6) is 0. The first-order valence-corrected chi connectivity index (χ1v) is 12.5. The van der Waals surface area contributed by atoms with Crippen LogP contribution in [-0.4, -0.2) is 0 Å². The van der Waals surface area contributed by atoms with Crippen molar-refractivity contribution in [3.05, 3.63) is 121 Å². The third-order valence-electron chi connectivity index (χ3n) is 4.38. The second kappa shape index (κ2) is 11.4. The molecule has 1 radical (unpaired) electrons. The van der Waals surface area contributed by atoms with Crippen LogP contribution in [0.2, 0.25) is 0 Å². The van der Waals surface area contributed by atoms with Gasteiger partial charge >= 0.3 is 17.1 Å². The van der Waals surface area contributed by atoms with Gasteiger partial charge in [-0.1, -0.05) is 121 Å². The molecule has 31 heavy (non-hydrogen) atoms. The molecular weight excluding hydrogens is 478 g/mol. The van der Waals surface area contributed by atoms with E-state index in [1.807, 2.05) is 0 Å². The zero-order valence-corrected chi connectivity index (χ0v) is 19.1. The predicted octanol–water partition coefficient (Wildman–Crippen LogP) is 2.55. The fourth-order valence-electron chi connectivity index (χ4n) is 2.80. The molecule has 4 aromatic rings. The van der Waals surface area contributed by atoms with Crippen LogP contribution in [0, 0.1) is 0 Å². The fraction of sp³-hybridized carbons (Fsp3) is 0. The molecule has 0 atom stereocenters. The summed E-state index contributed by atoms with van der Waals surface area (Å²) in [6.07, 6.45) is 0. The van der Waals surface area contributed by atoms with Gasteiger partial charge in [-0.2, -0.15) is 0 Å².